The Morgan fingerprint density at radius 1 is 1.12 bits per heavy atom. The summed E-state index contributed by atoms with van der Waals surface area (Å²) in [5, 5.41) is 10.0. The fraction of sp³-hybridized carbons (Fsp3) is 0.176. The van der Waals surface area contributed by atoms with Gasteiger partial charge in [0, 0.05) is 25.9 Å². The number of benzene rings is 1. The van der Waals surface area contributed by atoms with Crippen molar-refractivity contribution in [3.8, 4) is 0 Å². The van der Waals surface area contributed by atoms with Crippen LogP contribution in [-0.4, -0.2) is 39.2 Å². The molecule has 8 heteroatoms. The fourth-order valence-corrected chi connectivity index (χ4v) is 2.09. The average Bonchev–Trinajstić information content (AvgIpc) is 2.97. The molecule has 0 fully saturated rings. The minimum Gasteiger partial charge on any atom is -0.347 e. The van der Waals surface area contributed by atoms with Gasteiger partial charge in [0.05, 0.1) is 0 Å². The van der Waals surface area contributed by atoms with Gasteiger partial charge in [-0.2, -0.15) is 20.1 Å². The highest BCUT2D eigenvalue weighted by atomic mass is 19.1. The summed E-state index contributed by atoms with van der Waals surface area (Å²) in [6, 6.07) is 8.15. The average molecular weight is 339 g/mol. The highest BCUT2D eigenvalue weighted by Gasteiger charge is 2.08. The highest BCUT2D eigenvalue weighted by Crippen LogP contribution is 2.15. The number of rotatable bonds is 5. The predicted molar refractivity (Wildman–Crippen MR) is 96.1 cm³/mol. The van der Waals surface area contributed by atoms with E-state index in [1.54, 1.807) is 29.2 Å². The smallest absolute Gasteiger partial charge is 0.233 e. The topological polar surface area (TPSA) is 82.6 Å². The third-order valence-corrected chi connectivity index (χ3v) is 3.26. The molecule has 128 valence electrons. The van der Waals surface area contributed by atoms with Gasteiger partial charge < -0.3 is 10.2 Å². The zero-order valence-electron chi connectivity index (χ0n) is 14.2. The van der Waals surface area contributed by atoms with E-state index in [1.165, 1.54) is 12.1 Å². The summed E-state index contributed by atoms with van der Waals surface area (Å²) in [4.78, 5) is 14.9. The van der Waals surface area contributed by atoms with E-state index in [1.807, 2.05) is 27.1 Å². The van der Waals surface area contributed by atoms with E-state index in [0.717, 1.165) is 11.3 Å². The summed E-state index contributed by atoms with van der Waals surface area (Å²) in [6.07, 6.45) is 3.46. The first-order chi connectivity index (χ1) is 12.0. The van der Waals surface area contributed by atoms with Gasteiger partial charge in [-0.05, 0) is 30.7 Å². The fourth-order valence-electron chi connectivity index (χ4n) is 2.09. The summed E-state index contributed by atoms with van der Waals surface area (Å²) < 4.78 is 13.3. The minimum absolute atomic E-state index is 0.289. The van der Waals surface area contributed by atoms with Crippen LogP contribution in [0, 0.1) is 12.7 Å². The molecule has 0 bridgehead atoms. The molecule has 0 aliphatic heterocycles. The molecule has 0 aliphatic rings. The molecule has 1 aromatic carbocycles. The molecule has 0 saturated heterocycles. The Morgan fingerprint density at radius 2 is 1.96 bits per heavy atom. The molecule has 0 aliphatic carbocycles. The summed E-state index contributed by atoms with van der Waals surface area (Å²) >= 11 is 0. The van der Waals surface area contributed by atoms with E-state index in [2.05, 4.69) is 30.5 Å². The molecule has 7 nitrogen and oxygen atoms in total. The number of aromatic nitrogens is 5. The van der Waals surface area contributed by atoms with Crippen LogP contribution in [0.2, 0.25) is 0 Å². The van der Waals surface area contributed by atoms with Crippen LogP contribution in [0.4, 0.5) is 22.1 Å². The van der Waals surface area contributed by atoms with Crippen molar-refractivity contribution in [1.82, 2.24) is 25.1 Å². The third-order valence-electron chi connectivity index (χ3n) is 3.26. The van der Waals surface area contributed by atoms with Crippen LogP contribution < -0.4 is 10.2 Å². The van der Waals surface area contributed by atoms with E-state index in [0.29, 0.717) is 23.5 Å². The maximum Gasteiger partial charge on any atom is 0.233 e. The Labute approximate surface area is 144 Å². The number of halogens is 1. The molecule has 2 heterocycles. The van der Waals surface area contributed by atoms with Crippen LogP contribution in [0.3, 0.4) is 0 Å². The number of H-pyrrole nitrogens is 1. The first-order valence-corrected chi connectivity index (χ1v) is 7.66. The van der Waals surface area contributed by atoms with Gasteiger partial charge >= 0.3 is 0 Å². The number of hydrogen-bond donors (Lipinski definition) is 2. The standard InChI is InChI=1S/C17H18FN7/c1-11-9-15(24-23-11)20-16-19-14(21-17(22-16)25(2)3)8-7-12-5-4-6-13(18)10-12/h4-10H,1-3H3,(H2,19,20,21,22,23,24)/b8-7+. The van der Waals surface area contributed by atoms with Crippen molar-refractivity contribution >= 4 is 29.9 Å². The van der Waals surface area contributed by atoms with Crippen molar-refractivity contribution in [3.05, 3.63) is 53.2 Å². The summed E-state index contributed by atoms with van der Waals surface area (Å²) in [5.74, 6) is 1.67. The molecule has 0 saturated carbocycles. The molecular weight excluding hydrogens is 321 g/mol. The van der Waals surface area contributed by atoms with Crippen LogP contribution in [0.15, 0.2) is 30.3 Å². The second-order valence-corrected chi connectivity index (χ2v) is 5.66. The van der Waals surface area contributed by atoms with Gasteiger partial charge in [-0.3, -0.25) is 5.10 Å². The van der Waals surface area contributed by atoms with Crippen LogP contribution >= 0.6 is 0 Å². The van der Waals surface area contributed by atoms with Gasteiger partial charge in [0.15, 0.2) is 11.6 Å². The van der Waals surface area contributed by atoms with Gasteiger partial charge in [0.1, 0.15) is 5.82 Å². The lowest BCUT2D eigenvalue weighted by Crippen LogP contribution is -2.15. The molecule has 0 spiro atoms. The first-order valence-electron chi connectivity index (χ1n) is 7.66. The maximum atomic E-state index is 13.3. The zero-order chi connectivity index (χ0) is 17.8. The number of aromatic amines is 1. The molecule has 2 N–H and O–H groups in total. The van der Waals surface area contributed by atoms with Crippen molar-refractivity contribution in [1.29, 1.82) is 0 Å². The van der Waals surface area contributed by atoms with E-state index < -0.39 is 0 Å². The Hall–Kier alpha value is -3.29. The maximum absolute atomic E-state index is 13.3. The van der Waals surface area contributed by atoms with Gasteiger partial charge in [-0.1, -0.05) is 18.2 Å². The first kappa shape index (κ1) is 16.6. The zero-order valence-corrected chi connectivity index (χ0v) is 14.2. The number of nitrogens with one attached hydrogen (secondary N) is 2. The van der Waals surface area contributed by atoms with E-state index in [4.69, 9.17) is 0 Å². The van der Waals surface area contributed by atoms with Gasteiger partial charge in [0.25, 0.3) is 0 Å². The molecular formula is C17H18FN7. The third kappa shape index (κ3) is 4.37. The molecule has 0 amide bonds. The largest absolute Gasteiger partial charge is 0.347 e. The van der Waals surface area contributed by atoms with Gasteiger partial charge in [-0.25, -0.2) is 4.39 Å². The summed E-state index contributed by atoms with van der Waals surface area (Å²) in [5.41, 5.74) is 1.65. The van der Waals surface area contributed by atoms with Gasteiger partial charge in [-0.15, -0.1) is 0 Å². The minimum atomic E-state index is -0.289. The van der Waals surface area contributed by atoms with E-state index >= 15 is 0 Å². The molecule has 3 rings (SSSR count). The highest BCUT2D eigenvalue weighted by molar-refractivity contribution is 5.67. The Kier molecular flexibility index (Phi) is 4.69. The lowest BCUT2D eigenvalue weighted by molar-refractivity contribution is 0.627. The van der Waals surface area contributed by atoms with Crippen molar-refractivity contribution < 1.29 is 4.39 Å². The number of anilines is 3. The van der Waals surface area contributed by atoms with Crippen LogP contribution in [0.1, 0.15) is 17.1 Å². The second kappa shape index (κ2) is 7.08. The normalized spacial score (nSPS) is 11.0. The molecule has 0 unspecified atom stereocenters. The predicted octanol–water partition coefficient (Wildman–Crippen LogP) is 3.02. The van der Waals surface area contributed by atoms with Crippen LogP contribution in [-0.2, 0) is 0 Å². The van der Waals surface area contributed by atoms with Crippen molar-refractivity contribution in [2.45, 2.75) is 6.92 Å². The Balaban J connectivity index is 1.89. The van der Waals surface area contributed by atoms with Crippen LogP contribution in [0.5, 0.6) is 0 Å². The van der Waals surface area contributed by atoms with Gasteiger partial charge in [0.2, 0.25) is 11.9 Å². The Morgan fingerprint density at radius 3 is 2.64 bits per heavy atom. The van der Waals surface area contributed by atoms with Crippen molar-refractivity contribution in [2.75, 3.05) is 24.3 Å². The SMILES string of the molecule is Cc1cc(Nc2nc(/C=C/c3cccc(F)c3)nc(N(C)C)n2)n[nH]1. The Bertz CT molecular complexity index is 902. The molecule has 25 heavy (non-hydrogen) atoms. The summed E-state index contributed by atoms with van der Waals surface area (Å²) in [6.45, 7) is 1.91. The quantitative estimate of drug-likeness (QED) is 0.743. The van der Waals surface area contributed by atoms with E-state index in [-0.39, 0.29) is 5.82 Å². The van der Waals surface area contributed by atoms with Crippen molar-refractivity contribution in [3.63, 3.8) is 0 Å². The monoisotopic (exact) mass is 339 g/mol. The summed E-state index contributed by atoms with van der Waals surface area (Å²) in [7, 11) is 3.69. The van der Waals surface area contributed by atoms with Crippen LogP contribution in [0.25, 0.3) is 12.2 Å². The van der Waals surface area contributed by atoms with Crippen molar-refractivity contribution in [2.24, 2.45) is 0 Å². The number of aryl methyl sites for hydroxylation is 1. The molecule has 3 aromatic rings. The lowest BCUT2D eigenvalue weighted by Gasteiger charge is -2.11. The second-order valence-electron chi connectivity index (χ2n) is 5.66. The van der Waals surface area contributed by atoms with E-state index in [9.17, 15) is 4.39 Å². The molecule has 2 aromatic heterocycles. The number of hydrogen-bond acceptors (Lipinski definition) is 6. The molecule has 0 radical (unpaired) electrons. The lowest BCUT2D eigenvalue weighted by atomic mass is 10.2. The number of nitrogens with zero attached hydrogens (tertiary/aromatic N) is 5. The molecule has 0 atom stereocenters.